The minimum atomic E-state index is 0. The van der Waals surface area contributed by atoms with Gasteiger partial charge in [-0.15, -0.1) is 27.2 Å². The number of H-pyrrole nitrogens is 1. The van der Waals surface area contributed by atoms with Crippen LogP contribution in [0.1, 0.15) is 34.2 Å². The predicted molar refractivity (Wildman–Crippen MR) is 274 cm³/mol. The molecule has 13 nitrogen and oxygen atoms in total. The van der Waals surface area contributed by atoms with E-state index in [9.17, 15) is 0 Å². The van der Waals surface area contributed by atoms with Crippen molar-refractivity contribution in [3.63, 3.8) is 0 Å². The van der Waals surface area contributed by atoms with Gasteiger partial charge >= 0.3 is 19.5 Å². The maximum Gasteiger partial charge on any atom is 2.00 e. The van der Waals surface area contributed by atoms with Crippen molar-refractivity contribution in [1.82, 2.24) is 59.8 Å². The van der Waals surface area contributed by atoms with Gasteiger partial charge in [0.25, 0.3) is 0 Å². The van der Waals surface area contributed by atoms with E-state index in [1.54, 1.807) is 37.2 Å². The normalized spacial score (nSPS) is 11.9. The Labute approximate surface area is 418 Å². The van der Waals surface area contributed by atoms with E-state index in [4.69, 9.17) is 29.7 Å². The molecule has 0 fully saturated rings. The first kappa shape index (κ1) is 43.3. The van der Waals surface area contributed by atoms with Crippen LogP contribution < -0.4 is 14.7 Å². The van der Waals surface area contributed by atoms with Crippen molar-refractivity contribution in [3.05, 3.63) is 199 Å². The van der Waals surface area contributed by atoms with Crippen molar-refractivity contribution < 1.29 is 24.2 Å². The predicted octanol–water partition coefficient (Wildman–Crippen LogP) is 11.2. The summed E-state index contributed by atoms with van der Waals surface area (Å²) in [6, 6.07) is 38.6. The number of benzene rings is 2. The van der Waals surface area contributed by atoms with E-state index in [1.807, 2.05) is 83.8 Å². The summed E-state index contributed by atoms with van der Waals surface area (Å²) in [5, 5.41) is 11.2. The van der Waals surface area contributed by atoms with E-state index in [2.05, 4.69) is 103 Å². The standard InChI is InChI=1S/C57H38N12O.Zn/c1-2-4-43-41(3-1)42-23-31-61-52(57(42)66-43)24-32-69-33-39(67-68-69)34-70-40-7-5-35(6-8-40)53-44-9-11-46(62-44)54(36-17-25-58-26-18-36)48-13-15-50(64-48)56(38-21-29-60-30-22-38)51-16-14-49(65-51)55(37-19-27-59-28-20-37)47-12-10-45(53)63-47;/h1-23,25-31,33,66H,24,32,34H2;/q-2;+2. The molecule has 0 saturated carbocycles. The van der Waals surface area contributed by atoms with Gasteiger partial charge in [-0.25, -0.2) is 9.97 Å². The topological polar surface area (TPSA) is 161 Å². The first-order valence-electron chi connectivity index (χ1n) is 22.9. The van der Waals surface area contributed by atoms with Gasteiger partial charge < -0.3 is 19.7 Å². The Balaban J connectivity index is 0.00000517. The minimum absolute atomic E-state index is 0. The maximum absolute atomic E-state index is 6.30. The second-order valence-electron chi connectivity index (χ2n) is 17.0. The molecule has 71 heavy (non-hydrogen) atoms. The number of nitrogens with one attached hydrogen (secondary N) is 1. The van der Waals surface area contributed by atoms with Crippen molar-refractivity contribution >= 4 is 68.2 Å². The van der Waals surface area contributed by atoms with Gasteiger partial charge in [0.15, 0.2) is 0 Å². The summed E-state index contributed by atoms with van der Waals surface area (Å²) in [6.07, 6.45) is 23.5. The van der Waals surface area contributed by atoms with Gasteiger partial charge in [-0.1, -0.05) is 59.8 Å². The van der Waals surface area contributed by atoms with Crippen LogP contribution in [-0.2, 0) is 39.1 Å². The largest absolute Gasteiger partial charge is 2.00 e. The molecule has 9 aromatic heterocycles. The quantitative estimate of drug-likeness (QED) is 0.130. The number of rotatable bonds is 10. The molecule has 0 unspecified atom stereocenters. The van der Waals surface area contributed by atoms with Crippen molar-refractivity contribution in [2.45, 2.75) is 19.6 Å². The van der Waals surface area contributed by atoms with E-state index in [0.717, 1.165) is 112 Å². The van der Waals surface area contributed by atoms with Gasteiger partial charge in [0.05, 0.1) is 40.2 Å². The summed E-state index contributed by atoms with van der Waals surface area (Å²) in [7, 11) is 0. The molecular formula is C57H38N12OZn. The molecule has 2 aromatic carbocycles. The van der Waals surface area contributed by atoms with Crippen LogP contribution in [0.3, 0.4) is 0 Å². The molecule has 2 aliphatic heterocycles. The van der Waals surface area contributed by atoms with Crippen LogP contribution in [0.4, 0.5) is 0 Å². The van der Waals surface area contributed by atoms with Gasteiger partial charge in [0, 0.05) is 72.6 Å². The van der Waals surface area contributed by atoms with Gasteiger partial charge in [-0.05, 0) is 129 Å². The third-order valence-corrected chi connectivity index (χ3v) is 12.7. The number of para-hydroxylation sites is 1. The molecule has 0 atom stereocenters. The molecule has 334 valence electrons. The van der Waals surface area contributed by atoms with E-state index < -0.39 is 0 Å². The monoisotopic (exact) mass is 970 g/mol. The fraction of sp³-hybridized carbons (Fsp3) is 0.0526. The molecule has 14 heteroatoms. The molecular weight excluding hydrogens is 934 g/mol. The van der Waals surface area contributed by atoms with Crippen LogP contribution in [0.5, 0.6) is 5.75 Å². The number of hydrogen-bond donors (Lipinski definition) is 1. The molecule has 0 spiro atoms. The van der Waals surface area contributed by atoms with Crippen molar-refractivity contribution in [3.8, 4) is 50.3 Å². The Morgan fingerprint density at radius 1 is 0.507 bits per heavy atom. The van der Waals surface area contributed by atoms with E-state index in [-0.39, 0.29) is 26.1 Å². The Hall–Kier alpha value is -9.00. The number of pyridine rings is 4. The van der Waals surface area contributed by atoms with Crippen molar-refractivity contribution in [1.29, 1.82) is 0 Å². The minimum Gasteiger partial charge on any atom is -0.657 e. The van der Waals surface area contributed by atoms with Gasteiger partial charge in [-0.2, -0.15) is 0 Å². The number of aromatic nitrogens is 12. The zero-order chi connectivity index (χ0) is 46.4. The first-order valence-corrected chi connectivity index (χ1v) is 22.9. The number of aryl methyl sites for hydroxylation is 2. The Morgan fingerprint density at radius 2 is 1.00 bits per heavy atom. The Kier molecular flexibility index (Phi) is 11.3. The third kappa shape index (κ3) is 8.19. The number of aromatic amines is 1. The molecule has 11 heterocycles. The second kappa shape index (κ2) is 18.5. The molecule has 8 bridgehead atoms. The number of ether oxygens (including phenoxy) is 1. The Bertz CT molecular complexity index is 3970. The Morgan fingerprint density at radius 3 is 1.52 bits per heavy atom. The molecule has 2 aliphatic rings. The summed E-state index contributed by atoms with van der Waals surface area (Å²) in [5.41, 5.74) is 17.3. The smallest absolute Gasteiger partial charge is 0.657 e. The summed E-state index contributed by atoms with van der Waals surface area (Å²) < 4.78 is 8.14. The number of nitrogens with zero attached hydrogens (tertiary/aromatic N) is 11. The number of fused-ring (bicyclic) bond motifs is 11. The van der Waals surface area contributed by atoms with E-state index >= 15 is 0 Å². The van der Waals surface area contributed by atoms with E-state index in [1.165, 1.54) is 10.8 Å². The van der Waals surface area contributed by atoms with Gasteiger partial charge in [0.2, 0.25) is 0 Å². The molecule has 11 aromatic rings. The summed E-state index contributed by atoms with van der Waals surface area (Å²) in [5.74, 6) is 0.690. The van der Waals surface area contributed by atoms with Gasteiger partial charge in [-0.3, -0.25) is 24.6 Å². The fourth-order valence-electron chi connectivity index (χ4n) is 9.46. The average molecular weight is 972 g/mol. The fourth-order valence-corrected chi connectivity index (χ4v) is 9.46. The summed E-state index contributed by atoms with van der Waals surface area (Å²) >= 11 is 0. The van der Waals surface area contributed by atoms with Crippen molar-refractivity contribution in [2.24, 2.45) is 0 Å². The van der Waals surface area contributed by atoms with Gasteiger partial charge in [0.1, 0.15) is 18.1 Å². The molecule has 13 rings (SSSR count). The van der Waals surface area contributed by atoms with Crippen LogP contribution in [0.15, 0.2) is 165 Å². The van der Waals surface area contributed by atoms with Crippen molar-refractivity contribution in [2.75, 3.05) is 0 Å². The van der Waals surface area contributed by atoms with Crippen LogP contribution in [0.2, 0.25) is 0 Å². The first-order chi connectivity index (χ1) is 34.7. The van der Waals surface area contributed by atoms with Crippen LogP contribution >= 0.6 is 0 Å². The third-order valence-electron chi connectivity index (χ3n) is 12.7. The molecule has 1 N–H and O–H groups in total. The molecule has 0 amide bonds. The summed E-state index contributed by atoms with van der Waals surface area (Å²) in [4.78, 5) is 42.6. The molecule has 0 radical (unpaired) electrons. The van der Waals surface area contributed by atoms with Crippen LogP contribution in [0.25, 0.3) is 113 Å². The van der Waals surface area contributed by atoms with Crippen LogP contribution in [-0.4, -0.2) is 49.9 Å². The average Bonchev–Trinajstić information content (AvgIpc) is 4.29. The second-order valence-corrected chi connectivity index (χ2v) is 17.0. The van der Waals surface area contributed by atoms with Crippen LogP contribution in [0, 0.1) is 0 Å². The maximum atomic E-state index is 6.30. The zero-order valence-electron chi connectivity index (χ0n) is 38.1. The zero-order valence-corrected chi connectivity index (χ0v) is 41.0. The molecule has 0 aliphatic carbocycles. The number of hydrogen-bond acceptors (Lipinski definition) is 9. The SMILES string of the molecule is C1=Cc2nc1c(-c1ccncc1)c1ccc([n-]1)c(-c1ccncc1)c1nc(c(-c3ccc(OCc4cn(CCc5nccc6c5[nH]c5ccccc56)nn4)cc3)c3ccc([n-]3)c2-c2ccncc2)C=C1.[Zn+2]. The van der Waals surface area contributed by atoms with E-state index in [0.29, 0.717) is 18.7 Å². The summed E-state index contributed by atoms with van der Waals surface area (Å²) in [6.45, 7) is 0.881. The molecule has 0 saturated heterocycles.